The number of hydrogen-bond acceptors (Lipinski definition) is 4. The molecule has 0 saturated carbocycles. The van der Waals surface area contributed by atoms with Gasteiger partial charge in [0.1, 0.15) is 5.75 Å². The summed E-state index contributed by atoms with van der Waals surface area (Å²) in [5.41, 5.74) is 0.860. The number of halogens is 1. The number of benzene rings is 1. The van der Waals surface area contributed by atoms with Crippen LogP contribution in [-0.4, -0.2) is 49.5 Å². The molecule has 7 heteroatoms. The zero-order valence-electron chi connectivity index (χ0n) is 16.8. The van der Waals surface area contributed by atoms with Crippen LogP contribution in [0.25, 0.3) is 0 Å². The number of nitrogens with one attached hydrogen (secondary N) is 2. The number of carbonyl (C=O) groups excluding carboxylic acids is 2. The second kappa shape index (κ2) is 10.7. The van der Waals surface area contributed by atoms with Crippen LogP contribution >= 0.6 is 12.4 Å². The van der Waals surface area contributed by atoms with Gasteiger partial charge in [0.15, 0.2) is 0 Å². The molecule has 2 heterocycles. The predicted molar refractivity (Wildman–Crippen MR) is 112 cm³/mol. The average molecular weight is 410 g/mol. The molecule has 156 valence electrons. The topological polar surface area (TPSA) is 70.7 Å². The van der Waals surface area contributed by atoms with Gasteiger partial charge in [-0.2, -0.15) is 0 Å². The normalized spacial score (nSPS) is 22.4. The number of nitrogens with zero attached hydrogens (tertiary/aromatic N) is 1. The van der Waals surface area contributed by atoms with Crippen molar-refractivity contribution in [1.82, 2.24) is 15.5 Å². The zero-order valence-corrected chi connectivity index (χ0v) is 17.6. The average Bonchev–Trinajstić information content (AvgIpc) is 2.99. The monoisotopic (exact) mass is 409 g/mol. The molecule has 1 aromatic rings. The minimum atomic E-state index is -0.373. The summed E-state index contributed by atoms with van der Waals surface area (Å²) in [5, 5.41) is 6.41. The van der Waals surface area contributed by atoms with E-state index in [9.17, 15) is 9.59 Å². The molecule has 2 amide bonds. The number of carbonyl (C=O) groups is 2. The first-order chi connectivity index (χ1) is 13.1. The van der Waals surface area contributed by atoms with Gasteiger partial charge in [-0.25, -0.2) is 0 Å². The Balaban J connectivity index is 0.00000280. The van der Waals surface area contributed by atoms with E-state index in [0.29, 0.717) is 18.4 Å². The Morgan fingerprint density at radius 2 is 1.86 bits per heavy atom. The van der Waals surface area contributed by atoms with Crippen LogP contribution in [0.15, 0.2) is 24.3 Å². The van der Waals surface area contributed by atoms with E-state index in [0.717, 1.165) is 50.3 Å². The second-order valence-corrected chi connectivity index (χ2v) is 7.56. The third kappa shape index (κ3) is 5.61. The Hall–Kier alpha value is -1.79. The number of rotatable bonds is 6. The molecule has 6 nitrogen and oxygen atoms in total. The fraction of sp³-hybridized carbons (Fsp3) is 0.619. The van der Waals surface area contributed by atoms with Crippen LogP contribution in [0.2, 0.25) is 0 Å². The van der Waals surface area contributed by atoms with Gasteiger partial charge in [-0.15, -0.1) is 12.4 Å². The molecule has 0 bridgehead atoms. The van der Waals surface area contributed by atoms with E-state index in [2.05, 4.69) is 10.6 Å². The lowest BCUT2D eigenvalue weighted by Crippen LogP contribution is -2.37. The van der Waals surface area contributed by atoms with Crippen molar-refractivity contribution < 1.29 is 14.3 Å². The van der Waals surface area contributed by atoms with Crippen LogP contribution in [-0.2, 0) is 9.59 Å². The molecule has 0 aromatic heterocycles. The van der Waals surface area contributed by atoms with Crippen LogP contribution in [0.3, 0.4) is 0 Å². The van der Waals surface area contributed by atoms with Crippen LogP contribution in [0.1, 0.15) is 44.7 Å². The van der Waals surface area contributed by atoms with Crippen molar-refractivity contribution in [3.8, 4) is 5.75 Å². The lowest BCUT2D eigenvalue weighted by Gasteiger charge is -2.26. The second-order valence-electron chi connectivity index (χ2n) is 7.56. The molecule has 3 atom stereocenters. The number of hydrogen-bond donors (Lipinski definition) is 2. The van der Waals surface area contributed by atoms with Gasteiger partial charge in [-0.3, -0.25) is 9.59 Å². The number of amides is 2. The minimum Gasteiger partial charge on any atom is -0.494 e. The number of ether oxygens (including phenoxy) is 1. The van der Waals surface area contributed by atoms with E-state index in [-0.39, 0.29) is 36.7 Å². The first-order valence-electron chi connectivity index (χ1n) is 10.1. The molecule has 1 aromatic carbocycles. The molecule has 0 aliphatic carbocycles. The lowest BCUT2D eigenvalue weighted by atomic mass is 9.92. The van der Waals surface area contributed by atoms with Gasteiger partial charge in [0.2, 0.25) is 11.8 Å². The van der Waals surface area contributed by atoms with Crippen molar-refractivity contribution in [1.29, 1.82) is 0 Å². The third-order valence-corrected chi connectivity index (χ3v) is 5.72. The van der Waals surface area contributed by atoms with Crippen molar-refractivity contribution in [3.05, 3.63) is 29.8 Å². The van der Waals surface area contributed by atoms with E-state index in [1.807, 2.05) is 36.1 Å². The summed E-state index contributed by atoms with van der Waals surface area (Å²) in [6, 6.07) is 7.26. The largest absolute Gasteiger partial charge is 0.494 e. The highest BCUT2D eigenvalue weighted by Crippen LogP contribution is 2.30. The molecule has 1 unspecified atom stereocenters. The summed E-state index contributed by atoms with van der Waals surface area (Å²) in [6.07, 6.45) is 2.38. The molecule has 0 spiro atoms. The van der Waals surface area contributed by atoms with Gasteiger partial charge in [0, 0.05) is 25.6 Å². The number of fused-ring (bicyclic) bond motifs is 1. The fourth-order valence-corrected chi connectivity index (χ4v) is 4.31. The lowest BCUT2D eigenvalue weighted by molar-refractivity contribution is -0.132. The SMILES string of the molecule is CCOc1ccccc1C(CC(=O)N1CC[C@@H]2CNC[C@@H]2CC1)NC(C)=O.Cl. The maximum Gasteiger partial charge on any atom is 0.224 e. The smallest absolute Gasteiger partial charge is 0.224 e. The van der Waals surface area contributed by atoms with Gasteiger partial charge < -0.3 is 20.3 Å². The summed E-state index contributed by atoms with van der Waals surface area (Å²) >= 11 is 0. The molecular formula is C21H32ClN3O3. The van der Waals surface area contributed by atoms with Gasteiger partial charge in [0.25, 0.3) is 0 Å². The molecule has 3 rings (SSSR count). The van der Waals surface area contributed by atoms with Gasteiger partial charge in [0.05, 0.1) is 19.1 Å². The summed E-state index contributed by atoms with van der Waals surface area (Å²) in [4.78, 5) is 26.8. The van der Waals surface area contributed by atoms with Crippen molar-refractivity contribution in [3.63, 3.8) is 0 Å². The van der Waals surface area contributed by atoms with E-state index < -0.39 is 0 Å². The van der Waals surface area contributed by atoms with Crippen LogP contribution in [0.4, 0.5) is 0 Å². The first kappa shape index (κ1) is 22.5. The van der Waals surface area contributed by atoms with Crippen molar-refractivity contribution in [2.24, 2.45) is 11.8 Å². The highest BCUT2D eigenvalue weighted by Gasteiger charge is 2.32. The summed E-state index contributed by atoms with van der Waals surface area (Å²) in [6.45, 7) is 7.72. The molecule has 2 fully saturated rings. The highest BCUT2D eigenvalue weighted by atomic mass is 35.5. The van der Waals surface area contributed by atoms with Crippen LogP contribution < -0.4 is 15.4 Å². The van der Waals surface area contributed by atoms with Gasteiger partial charge in [-0.1, -0.05) is 18.2 Å². The van der Waals surface area contributed by atoms with E-state index in [1.54, 1.807) is 0 Å². The maximum atomic E-state index is 13.0. The Morgan fingerprint density at radius 3 is 2.46 bits per heavy atom. The van der Waals surface area contributed by atoms with Crippen LogP contribution in [0, 0.1) is 11.8 Å². The van der Waals surface area contributed by atoms with E-state index in [1.165, 1.54) is 6.92 Å². The van der Waals surface area contributed by atoms with Crippen LogP contribution in [0.5, 0.6) is 5.75 Å². The van der Waals surface area contributed by atoms with E-state index in [4.69, 9.17) is 4.74 Å². The van der Waals surface area contributed by atoms with E-state index >= 15 is 0 Å². The zero-order chi connectivity index (χ0) is 19.2. The summed E-state index contributed by atoms with van der Waals surface area (Å²) < 4.78 is 5.71. The van der Waals surface area contributed by atoms with Crippen molar-refractivity contribution in [2.45, 2.75) is 39.2 Å². The van der Waals surface area contributed by atoms with Gasteiger partial charge >= 0.3 is 0 Å². The molecular weight excluding hydrogens is 378 g/mol. The Kier molecular flexibility index (Phi) is 8.58. The molecule has 2 N–H and O–H groups in total. The highest BCUT2D eigenvalue weighted by molar-refractivity contribution is 5.85. The minimum absolute atomic E-state index is 0. The maximum absolute atomic E-state index is 13.0. The predicted octanol–water partition coefficient (Wildman–Crippen LogP) is 2.53. The Bertz CT molecular complexity index is 656. The first-order valence-corrected chi connectivity index (χ1v) is 10.1. The number of para-hydroxylation sites is 1. The van der Waals surface area contributed by atoms with Crippen molar-refractivity contribution in [2.75, 3.05) is 32.8 Å². The quantitative estimate of drug-likeness (QED) is 0.757. The van der Waals surface area contributed by atoms with Gasteiger partial charge in [-0.05, 0) is 50.8 Å². The molecule has 2 aliphatic rings. The Morgan fingerprint density at radius 1 is 1.21 bits per heavy atom. The molecule has 28 heavy (non-hydrogen) atoms. The number of likely N-dealkylation sites (tertiary alicyclic amines) is 1. The molecule has 0 radical (unpaired) electrons. The Labute approximate surface area is 173 Å². The third-order valence-electron chi connectivity index (χ3n) is 5.72. The standard InChI is InChI=1S/C21H31N3O3.ClH/c1-3-27-20-7-5-4-6-18(20)19(23-15(2)25)12-21(26)24-10-8-16-13-22-14-17(16)9-11-24;/h4-7,16-17,19,22H,3,8-14H2,1-2H3,(H,23,25);1H/t16-,17+,19?;. The summed E-state index contributed by atoms with van der Waals surface area (Å²) in [7, 11) is 0. The molecule has 2 saturated heterocycles. The summed E-state index contributed by atoms with van der Waals surface area (Å²) in [5.74, 6) is 2.06. The fourth-order valence-electron chi connectivity index (χ4n) is 4.31. The molecule has 2 aliphatic heterocycles. The van der Waals surface area contributed by atoms with Crippen molar-refractivity contribution >= 4 is 24.2 Å².